The van der Waals surface area contributed by atoms with Crippen LogP contribution in [0.25, 0.3) is 0 Å². The highest BCUT2D eigenvalue weighted by Gasteiger charge is 2.15. The molecule has 0 aromatic carbocycles. The van der Waals surface area contributed by atoms with Crippen molar-refractivity contribution < 1.29 is 14.4 Å². The van der Waals surface area contributed by atoms with Gasteiger partial charge in [-0.2, -0.15) is 0 Å². The molecule has 0 saturated carbocycles. The van der Waals surface area contributed by atoms with Crippen molar-refractivity contribution in [1.82, 2.24) is 5.06 Å². The van der Waals surface area contributed by atoms with Gasteiger partial charge in [-0.25, -0.2) is 5.06 Å². The standard InChI is InChI=1S/C6H13NO3/c1-5(9-3)6(8)7(2)10-4/h5H,1-4H3. The van der Waals surface area contributed by atoms with Gasteiger partial charge in [0.2, 0.25) is 0 Å². The van der Waals surface area contributed by atoms with E-state index in [0.717, 1.165) is 5.06 Å². The van der Waals surface area contributed by atoms with E-state index in [9.17, 15) is 4.79 Å². The van der Waals surface area contributed by atoms with Crippen LogP contribution in [0.3, 0.4) is 0 Å². The van der Waals surface area contributed by atoms with E-state index in [1.807, 2.05) is 0 Å². The topological polar surface area (TPSA) is 38.8 Å². The van der Waals surface area contributed by atoms with E-state index >= 15 is 0 Å². The number of carbonyl (C=O) groups is 1. The number of ether oxygens (including phenoxy) is 1. The van der Waals surface area contributed by atoms with Crippen LogP contribution in [0.15, 0.2) is 0 Å². The van der Waals surface area contributed by atoms with Crippen LogP contribution in [0.4, 0.5) is 0 Å². The molecule has 10 heavy (non-hydrogen) atoms. The van der Waals surface area contributed by atoms with Crippen LogP contribution < -0.4 is 0 Å². The molecule has 0 aliphatic heterocycles. The lowest BCUT2D eigenvalue weighted by atomic mass is 10.4. The van der Waals surface area contributed by atoms with Crippen LogP contribution in [0.1, 0.15) is 6.92 Å². The number of rotatable bonds is 3. The van der Waals surface area contributed by atoms with E-state index in [4.69, 9.17) is 4.74 Å². The van der Waals surface area contributed by atoms with Crippen molar-refractivity contribution in [3.63, 3.8) is 0 Å². The van der Waals surface area contributed by atoms with E-state index in [0.29, 0.717) is 0 Å². The van der Waals surface area contributed by atoms with Crippen LogP contribution >= 0.6 is 0 Å². The number of hydroxylamine groups is 2. The lowest BCUT2D eigenvalue weighted by Crippen LogP contribution is -2.34. The van der Waals surface area contributed by atoms with Crippen LogP contribution in [-0.4, -0.2) is 38.3 Å². The number of amides is 1. The average molecular weight is 147 g/mol. The van der Waals surface area contributed by atoms with Crippen molar-refractivity contribution in [3.05, 3.63) is 0 Å². The molecule has 60 valence electrons. The molecule has 0 aromatic rings. The molecular weight excluding hydrogens is 134 g/mol. The first-order valence-electron chi connectivity index (χ1n) is 2.98. The normalized spacial score (nSPS) is 12.8. The minimum Gasteiger partial charge on any atom is -0.372 e. The summed E-state index contributed by atoms with van der Waals surface area (Å²) in [6.45, 7) is 1.66. The second-order valence-corrected chi connectivity index (χ2v) is 1.90. The fourth-order valence-corrected chi connectivity index (χ4v) is 0.447. The molecule has 0 heterocycles. The minimum atomic E-state index is -0.440. The van der Waals surface area contributed by atoms with Gasteiger partial charge in [0, 0.05) is 14.2 Å². The third kappa shape index (κ3) is 2.33. The predicted molar refractivity (Wildman–Crippen MR) is 36.2 cm³/mol. The third-order valence-electron chi connectivity index (χ3n) is 1.29. The Kier molecular flexibility index (Phi) is 3.99. The summed E-state index contributed by atoms with van der Waals surface area (Å²) >= 11 is 0. The molecule has 0 fully saturated rings. The Hall–Kier alpha value is -0.610. The van der Waals surface area contributed by atoms with Gasteiger partial charge in [-0.05, 0) is 6.92 Å². The maximum atomic E-state index is 11.0. The van der Waals surface area contributed by atoms with Crippen molar-refractivity contribution in [2.24, 2.45) is 0 Å². The van der Waals surface area contributed by atoms with Crippen molar-refractivity contribution in [2.75, 3.05) is 21.3 Å². The lowest BCUT2D eigenvalue weighted by molar-refractivity contribution is -0.178. The van der Waals surface area contributed by atoms with E-state index < -0.39 is 6.10 Å². The monoisotopic (exact) mass is 147 g/mol. The largest absolute Gasteiger partial charge is 0.372 e. The fraction of sp³-hybridized carbons (Fsp3) is 0.833. The highest BCUT2D eigenvalue weighted by Crippen LogP contribution is 1.94. The van der Waals surface area contributed by atoms with Gasteiger partial charge in [0.15, 0.2) is 0 Å². The van der Waals surface area contributed by atoms with Crippen LogP contribution in [0, 0.1) is 0 Å². The molecule has 0 saturated heterocycles. The minimum absolute atomic E-state index is 0.190. The van der Waals surface area contributed by atoms with E-state index in [2.05, 4.69) is 4.84 Å². The van der Waals surface area contributed by atoms with Gasteiger partial charge in [0.05, 0.1) is 7.11 Å². The second-order valence-electron chi connectivity index (χ2n) is 1.90. The molecule has 0 N–H and O–H groups in total. The molecule has 1 amide bonds. The van der Waals surface area contributed by atoms with Gasteiger partial charge in [0.25, 0.3) is 5.91 Å². The predicted octanol–water partition coefficient (Wildman–Crippen LogP) is 0.0411. The lowest BCUT2D eigenvalue weighted by Gasteiger charge is -2.16. The highest BCUT2D eigenvalue weighted by molar-refractivity contribution is 5.79. The van der Waals surface area contributed by atoms with Gasteiger partial charge in [-0.15, -0.1) is 0 Å². The summed E-state index contributed by atoms with van der Waals surface area (Å²) < 4.78 is 4.76. The molecule has 0 bridgehead atoms. The Morgan fingerprint density at radius 3 is 2.30 bits per heavy atom. The summed E-state index contributed by atoms with van der Waals surface area (Å²) in [5, 5.41) is 1.13. The average Bonchev–Trinajstić information content (AvgIpc) is 2.00. The maximum Gasteiger partial charge on any atom is 0.274 e. The number of likely N-dealkylation sites (N-methyl/N-ethyl adjacent to an activating group) is 1. The molecule has 1 atom stereocenters. The first-order chi connectivity index (χ1) is 4.63. The van der Waals surface area contributed by atoms with Crippen LogP contribution in [0.5, 0.6) is 0 Å². The number of carbonyl (C=O) groups excluding carboxylic acids is 1. The Labute approximate surface area is 60.7 Å². The maximum absolute atomic E-state index is 11.0. The molecule has 1 unspecified atom stereocenters. The van der Waals surface area contributed by atoms with E-state index in [1.54, 1.807) is 6.92 Å². The molecular formula is C6H13NO3. The Bertz CT molecular complexity index is 104. The summed E-state index contributed by atoms with van der Waals surface area (Å²) in [5.74, 6) is -0.190. The van der Waals surface area contributed by atoms with Gasteiger partial charge in [-0.1, -0.05) is 0 Å². The van der Waals surface area contributed by atoms with Crippen molar-refractivity contribution >= 4 is 5.91 Å². The first-order valence-corrected chi connectivity index (χ1v) is 2.98. The molecule has 0 rings (SSSR count). The van der Waals surface area contributed by atoms with Gasteiger partial charge >= 0.3 is 0 Å². The zero-order valence-corrected chi connectivity index (χ0v) is 6.75. The molecule has 4 nitrogen and oxygen atoms in total. The summed E-state index contributed by atoms with van der Waals surface area (Å²) in [7, 11) is 4.45. The number of nitrogens with zero attached hydrogens (tertiary/aromatic N) is 1. The van der Waals surface area contributed by atoms with Crippen molar-refractivity contribution in [1.29, 1.82) is 0 Å². The molecule has 0 aliphatic rings. The molecule has 0 spiro atoms. The summed E-state index contributed by atoms with van der Waals surface area (Å²) in [5.41, 5.74) is 0. The van der Waals surface area contributed by atoms with Crippen LogP contribution in [-0.2, 0) is 14.4 Å². The van der Waals surface area contributed by atoms with Crippen molar-refractivity contribution in [2.45, 2.75) is 13.0 Å². The molecule has 0 aliphatic carbocycles. The van der Waals surface area contributed by atoms with Gasteiger partial charge < -0.3 is 4.74 Å². The smallest absolute Gasteiger partial charge is 0.274 e. The first kappa shape index (κ1) is 9.39. The number of hydrogen-bond donors (Lipinski definition) is 0. The SMILES string of the molecule is COC(C)C(=O)N(C)OC. The zero-order chi connectivity index (χ0) is 8.15. The van der Waals surface area contributed by atoms with Gasteiger partial charge in [-0.3, -0.25) is 9.63 Å². The van der Waals surface area contributed by atoms with Crippen molar-refractivity contribution in [3.8, 4) is 0 Å². The Morgan fingerprint density at radius 1 is 1.50 bits per heavy atom. The highest BCUT2D eigenvalue weighted by atomic mass is 16.7. The zero-order valence-electron chi connectivity index (χ0n) is 6.75. The Morgan fingerprint density at radius 2 is 2.00 bits per heavy atom. The molecule has 4 heteroatoms. The quantitative estimate of drug-likeness (QED) is 0.529. The van der Waals surface area contributed by atoms with E-state index in [-0.39, 0.29) is 5.91 Å². The molecule has 0 aromatic heterocycles. The molecule has 0 radical (unpaired) electrons. The second kappa shape index (κ2) is 4.24. The fourth-order valence-electron chi connectivity index (χ4n) is 0.447. The number of hydrogen-bond acceptors (Lipinski definition) is 3. The van der Waals surface area contributed by atoms with Crippen LogP contribution in [0.2, 0.25) is 0 Å². The number of methoxy groups -OCH3 is 1. The van der Waals surface area contributed by atoms with Gasteiger partial charge in [0.1, 0.15) is 6.10 Å². The summed E-state index contributed by atoms with van der Waals surface area (Å²) in [4.78, 5) is 15.6. The third-order valence-corrected chi connectivity index (χ3v) is 1.29. The van der Waals surface area contributed by atoms with E-state index in [1.165, 1.54) is 21.3 Å². The summed E-state index contributed by atoms with van der Waals surface area (Å²) in [6.07, 6.45) is -0.440. The summed E-state index contributed by atoms with van der Waals surface area (Å²) in [6, 6.07) is 0. The Balaban J connectivity index is 3.82.